The summed E-state index contributed by atoms with van der Waals surface area (Å²) >= 11 is 11.5. The molecule has 3 nitrogen and oxygen atoms in total. The molecule has 1 unspecified atom stereocenters. The number of alkyl halides is 1. The quantitative estimate of drug-likeness (QED) is 0.767. The molecule has 6 heteroatoms. The second-order valence-corrected chi connectivity index (χ2v) is 4.28. The number of nitrogens with zero attached hydrogens (tertiary/aromatic N) is 2. The van der Waals surface area contributed by atoms with E-state index in [9.17, 15) is 4.39 Å². The number of hydrogen-bond donors (Lipinski definition) is 0. The Hall–Kier alpha value is -0.580. The summed E-state index contributed by atoms with van der Waals surface area (Å²) in [6.07, 6.45) is 1.43. The molecule has 2 heterocycles. The SMILES string of the molecule is Fc1cc(Cl)cnc1N1CCOCC1CCl. The Morgan fingerprint density at radius 3 is 3.12 bits per heavy atom. The highest BCUT2D eigenvalue weighted by Gasteiger charge is 2.25. The third-order valence-electron chi connectivity index (χ3n) is 2.47. The van der Waals surface area contributed by atoms with Gasteiger partial charge in [0.05, 0.1) is 24.3 Å². The highest BCUT2D eigenvalue weighted by molar-refractivity contribution is 6.30. The minimum atomic E-state index is -0.426. The summed E-state index contributed by atoms with van der Waals surface area (Å²) in [7, 11) is 0. The minimum Gasteiger partial charge on any atom is -0.377 e. The average Bonchev–Trinajstić information content (AvgIpc) is 2.29. The van der Waals surface area contributed by atoms with E-state index in [0.717, 1.165) is 0 Å². The number of halogens is 3. The van der Waals surface area contributed by atoms with Crippen molar-refractivity contribution in [3.63, 3.8) is 0 Å². The summed E-state index contributed by atoms with van der Waals surface area (Å²) in [6, 6.07) is 1.21. The number of hydrogen-bond acceptors (Lipinski definition) is 3. The van der Waals surface area contributed by atoms with Crippen LogP contribution in [0.1, 0.15) is 0 Å². The van der Waals surface area contributed by atoms with E-state index >= 15 is 0 Å². The maximum atomic E-state index is 13.7. The van der Waals surface area contributed by atoms with Crippen LogP contribution < -0.4 is 4.90 Å². The first-order valence-electron chi connectivity index (χ1n) is 4.93. The van der Waals surface area contributed by atoms with Crippen molar-refractivity contribution in [1.82, 2.24) is 4.98 Å². The number of ether oxygens (including phenoxy) is 1. The lowest BCUT2D eigenvalue weighted by atomic mass is 10.2. The van der Waals surface area contributed by atoms with Gasteiger partial charge in [-0.3, -0.25) is 0 Å². The van der Waals surface area contributed by atoms with Gasteiger partial charge in [0.2, 0.25) is 0 Å². The zero-order valence-corrected chi connectivity index (χ0v) is 10.0. The molecule has 0 aromatic carbocycles. The number of morpholine rings is 1. The monoisotopic (exact) mass is 264 g/mol. The number of aromatic nitrogens is 1. The first kappa shape index (κ1) is 11.9. The lowest BCUT2D eigenvalue weighted by Gasteiger charge is -2.35. The van der Waals surface area contributed by atoms with Crippen molar-refractivity contribution in [1.29, 1.82) is 0 Å². The molecule has 16 heavy (non-hydrogen) atoms. The van der Waals surface area contributed by atoms with Gasteiger partial charge in [-0.15, -0.1) is 11.6 Å². The van der Waals surface area contributed by atoms with Crippen molar-refractivity contribution >= 4 is 29.0 Å². The molecule has 0 N–H and O–H groups in total. The van der Waals surface area contributed by atoms with Crippen LogP contribution in [0.2, 0.25) is 5.02 Å². The van der Waals surface area contributed by atoms with Crippen molar-refractivity contribution in [3.05, 3.63) is 23.1 Å². The van der Waals surface area contributed by atoms with E-state index in [1.807, 2.05) is 4.90 Å². The smallest absolute Gasteiger partial charge is 0.167 e. The second kappa shape index (κ2) is 5.17. The number of anilines is 1. The zero-order valence-electron chi connectivity index (χ0n) is 8.50. The normalized spacial score (nSPS) is 21.2. The molecule has 1 fully saturated rings. The van der Waals surface area contributed by atoms with Crippen molar-refractivity contribution in [2.75, 3.05) is 30.5 Å². The predicted octanol–water partition coefficient (Wildman–Crippen LogP) is 2.32. The van der Waals surface area contributed by atoms with E-state index in [1.165, 1.54) is 12.3 Å². The van der Waals surface area contributed by atoms with E-state index in [-0.39, 0.29) is 11.1 Å². The maximum Gasteiger partial charge on any atom is 0.167 e. The van der Waals surface area contributed by atoms with Crippen molar-refractivity contribution in [2.45, 2.75) is 6.04 Å². The molecule has 0 saturated carbocycles. The van der Waals surface area contributed by atoms with Gasteiger partial charge in [-0.1, -0.05) is 11.6 Å². The van der Waals surface area contributed by atoms with Gasteiger partial charge in [0.1, 0.15) is 0 Å². The minimum absolute atomic E-state index is 0.0430. The van der Waals surface area contributed by atoms with Crippen molar-refractivity contribution < 1.29 is 9.13 Å². The summed E-state index contributed by atoms with van der Waals surface area (Å²) in [5, 5.41) is 0.289. The zero-order chi connectivity index (χ0) is 11.5. The third kappa shape index (κ3) is 2.39. The Morgan fingerprint density at radius 1 is 1.62 bits per heavy atom. The maximum absolute atomic E-state index is 13.7. The van der Waals surface area contributed by atoms with Gasteiger partial charge in [0, 0.05) is 18.6 Å². The fraction of sp³-hybridized carbons (Fsp3) is 0.500. The molecule has 1 aromatic heterocycles. The molecule has 1 aliphatic rings. The summed E-state index contributed by atoms with van der Waals surface area (Å²) < 4.78 is 19.0. The number of pyridine rings is 1. The molecule has 1 atom stereocenters. The van der Waals surface area contributed by atoms with Gasteiger partial charge in [0.15, 0.2) is 11.6 Å². The van der Waals surface area contributed by atoms with E-state index in [2.05, 4.69) is 4.98 Å². The van der Waals surface area contributed by atoms with Crippen molar-refractivity contribution in [2.24, 2.45) is 0 Å². The highest BCUT2D eigenvalue weighted by atomic mass is 35.5. The van der Waals surface area contributed by atoms with Crippen LogP contribution in [0.25, 0.3) is 0 Å². The molecule has 0 spiro atoms. The number of rotatable bonds is 2. The van der Waals surface area contributed by atoms with Crippen molar-refractivity contribution in [3.8, 4) is 0 Å². The largest absolute Gasteiger partial charge is 0.377 e. The van der Waals surface area contributed by atoms with Crippen LogP contribution >= 0.6 is 23.2 Å². The molecule has 1 saturated heterocycles. The molecular formula is C10H11Cl2FN2O. The second-order valence-electron chi connectivity index (χ2n) is 3.54. The molecule has 0 bridgehead atoms. The standard InChI is InChI=1S/C10H11Cl2FN2O/c11-4-8-6-16-2-1-15(8)10-9(13)3-7(12)5-14-10/h3,5,8H,1-2,4,6H2. The fourth-order valence-corrected chi connectivity index (χ4v) is 2.08. The van der Waals surface area contributed by atoms with Crippen LogP contribution in [0, 0.1) is 5.82 Å². The predicted molar refractivity (Wildman–Crippen MR) is 61.9 cm³/mol. The van der Waals surface area contributed by atoms with Crippen LogP contribution in [0.3, 0.4) is 0 Å². The third-order valence-corrected chi connectivity index (χ3v) is 3.03. The molecule has 0 radical (unpaired) electrons. The molecule has 0 aliphatic carbocycles. The molecule has 1 aliphatic heterocycles. The molecule has 0 amide bonds. The van der Waals surface area contributed by atoms with Gasteiger partial charge in [-0.2, -0.15) is 0 Å². The summed E-state index contributed by atoms with van der Waals surface area (Å²) in [5.41, 5.74) is 0. The molecule has 88 valence electrons. The molecule has 1 aromatic rings. The lowest BCUT2D eigenvalue weighted by Crippen LogP contribution is -2.47. The Bertz CT molecular complexity index is 378. The molecule has 2 rings (SSSR count). The van der Waals surface area contributed by atoms with Gasteiger partial charge >= 0.3 is 0 Å². The first-order chi connectivity index (χ1) is 7.72. The van der Waals surface area contributed by atoms with E-state index < -0.39 is 5.82 Å². The van der Waals surface area contributed by atoms with E-state index in [4.69, 9.17) is 27.9 Å². The fourth-order valence-electron chi connectivity index (χ4n) is 1.68. The van der Waals surface area contributed by atoms with Crippen LogP contribution in [0.5, 0.6) is 0 Å². The summed E-state index contributed by atoms with van der Waals surface area (Å²) in [4.78, 5) is 5.83. The lowest BCUT2D eigenvalue weighted by molar-refractivity contribution is 0.0990. The van der Waals surface area contributed by atoms with Crippen LogP contribution in [0.4, 0.5) is 10.2 Å². The summed E-state index contributed by atoms with van der Waals surface area (Å²) in [6.45, 7) is 1.63. The Morgan fingerprint density at radius 2 is 2.44 bits per heavy atom. The van der Waals surface area contributed by atoms with E-state index in [1.54, 1.807) is 0 Å². The molecular weight excluding hydrogens is 254 g/mol. The van der Waals surface area contributed by atoms with Crippen LogP contribution in [-0.2, 0) is 4.74 Å². The topological polar surface area (TPSA) is 25.4 Å². The van der Waals surface area contributed by atoms with Crippen LogP contribution in [-0.4, -0.2) is 36.7 Å². The first-order valence-corrected chi connectivity index (χ1v) is 5.85. The van der Waals surface area contributed by atoms with Gasteiger partial charge in [-0.25, -0.2) is 9.37 Å². The van der Waals surface area contributed by atoms with Gasteiger partial charge in [-0.05, 0) is 6.07 Å². The van der Waals surface area contributed by atoms with Crippen LogP contribution in [0.15, 0.2) is 12.3 Å². The van der Waals surface area contributed by atoms with Gasteiger partial charge in [0.25, 0.3) is 0 Å². The summed E-state index contributed by atoms with van der Waals surface area (Å²) in [5.74, 6) is 0.242. The Balaban J connectivity index is 2.27. The highest BCUT2D eigenvalue weighted by Crippen LogP contribution is 2.23. The average molecular weight is 265 g/mol. The Kier molecular flexibility index (Phi) is 3.84. The van der Waals surface area contributed by atoms with Gasteiger partial charge < -0.3 is 9.64 Å². The van der Waals surface area contributed by atoms with E-state index in [0.29, 0.717) is 31.5 Å². The Labute approximate surface area is 103 Å².